The molecule has 1 unspecified atom stereocenters. The van der Waals surface area contributed by atoms with Crippen LogP contribution < -0.4 is 40.4 Å². The number of carboxylic acids is 1. The third-order valence-electron chi connectivity index (χ3n) is 0.931. The van der Waals surface area contributed by atoms with Crippen LogP contribution >= 0.6 is 0 Å². The molecule has 0 aliphatic carbocycles. The van der Waals surface area contributed by atoms with E-state index in [1.54, 1.807) is 0 Å². The SMILES string of the molecule is C[C-](C)CC(N)C(=O)[O-].[Na+].[Y]. The van der Waals surface area contributed by atoms with Crippen molar-refractivity contribution in [2.75, 3.05) is 0 Å². The quantitative estimate of drug-likeness (QED) is 0.405. The van der Waals surface area contributed by atoms with Crippen LogP contribution in [0.2, 0.25) is 0 Å². The summed E-state index contributed by atoms with van der Waals surface area (Å²) in [5.41, 5.74) is 5.13. The van der Waals surface area contributed by atoms with E-state index in [-0.39, 0.29) is 62.3 Å². The van der Waals surface area contributed by atoms with E-state index in [9.17, 15) is 9.90 Å². The maximum Gasteiger partial charge on any atom is 1.00 e. The van der Waals surface area contributed by atoms with Gasteiger partial charge in [-0.05, 0) is 0 Å². The normalized spacial score (nSPS) is 11.3. The first-order chi connectivity index (χ1) is 4.04. The third-order valence-corrected chi connectivity index (χ3v) is 0.931. The minimum Gasteiger partial charge on any atom is -0.549 e. The first-order valence-electron chi connectivity index (χ1n) is 2.79. The monoisotopic (exact) mass is 241 g/mol. The molecule has 0 aliphatic rings. The van der Waals surface area contributed by atoms with E-state index in [0.717, 1.165) is 5.92 Å². The average Bonchev–Trinajstić information content (AvgIpc) is 1.63. The van der Waals surface area contributed by atoms with Gasteiger partial charge in [-0.2, -0.15) is 20.3 Å². The molecule has 0 aromatic carbocycles. The van der Waals surface area contributed by atoms with Crippen molar-refractivity contribution in [3.63, 3.8) is 0 Å². The number of carbonyl (C=O) groups excluding carboxylic acids is 1. The summed E-state index contributed by atoms with van der Waals surface area (Å²) >= 11 is 0. The maximum atomic E-state index is 9.99. The Morgan fingerprint density at radius 2 is 2.00 bits per heavy atom. The molecular weight excluding hydrogens is 230 g/mol. The molecule has 11 heavy (non-hydrogen) atoms. The molecular formula is C6H11NNaO2Y-. The molecule has 1 atom stereocenters. The molecule has 0 saturated heterocycles. The molecule has 0 spiro atoms. The van der Waals surface area contributed by atoms with Gasteiger partial charge in [0.15, 0.2) is 0 Å². The number of aliphatic carboxylic acids is 1. The number of hydrogen-bond acceptors (Lipinski definition) is 3. The van der Waals surface area contributed by atoms with Crippen LogP contribution in [0.4, 0.5) is 0 Å². The molecule has 0 aromatic rings. The number of nitrogens with two attached hydrogens (primary N) is 1. The zero-order chi connectivity index (χ0) is 7.44. The van der Waals surface area contributed by atoms with Gasteiger partial charge in [-0.25, -0.2) is 0 Å². The summed E-state index contributed by atoms with van der Waals surface area (Å²) in [5.74, 6) is -0.178. The van der Waals surface area contributed by atoms with Crippen LogP contribution in [0.1, 0.15) is 20.3 Å². The second-order valence-corrected chi connectivity index (χ2v) is 2.34. The van der Waals surface area contributed by atoms with Gasteiger partial charge in [-0.1, -0.05) is 0 Å². The molecule has 0 amide bonds. The number of carbonyl (C=O) groups is 1. The zero-order valence-corrected chi connectivity index (χ0v) is 12.1. The van der Waals surface area contributed by atoms with E-state index in [1.165, 1.54) is 0 Å². The van der Waals surface area contributed by atoms with Gasteiger partial charge in [-0.3, -0.25) is 0 Å². The van der Waals surface area contributed by atoms with Crippen molar-refractivity contribution in [1.82, 2.24) is 0 Å². The molecule has 0 saturated carbocycles. The first kappa shape index (κ1) is 18.3. The van der Waals surface area contributed by atoms with Crippen molar-refractivity contribution in [2.45, 2.75) is 26.3 Å². The average molecular weight is 241 g/mol. The third kappa shape index (κ3) is 11.5. The van der Waals surface area contributed by atoms with Gasteiger partial charge in [0.05, 0.1) is 5.97 Å². The van der Waals surface area contributed by atoms with E-state index >= 15 is 0 Å². The van der Waals surface area contributed by atoms with Gasteiger partial charge in [-0.15, -0.1) is 0 Å². The predicted octanol–water partition coefficient (Wildman–Crippen LogP) is -3.93. The molecule has 5 heteroatoms. The zero-order valence-electron chi connectivity index (χ0n) is 7.26. The van der Waals surface area contributed by atoms with E-state index in [1.807, 2.05) is 13.8 Å². The van der Waals surface area contributed by atoms with Crippen LogP contribution in [0.3, 0.4) is 0 Å². The second kappa shape index (κ2) is 9.62. The van der Waals surface area contributed by atoms with Crippen LogP contribution in [-0.4, -0.2) is 12.0 Å². The standard InChI is InChI=1S/C6H12NO2.Na.Y/c1-4(2)3-5(7)6(8)9;;/h5H,3,7H2,1-2H3,(H,8,9);;/q-1;+1;/p-1. The van der Waals surface area contributed by atoms with Gasteiger partial charge in [0.1, 0.15) is 0 Å². The Kier molecular flexibility index (Phi) is 16.0. The smallest absolute Gasteiger partial charge is 0.549 e. The molecule has 0 bridgehead atoms. The summed E-state index contributed by atoms with van der Waals surface area (Å²) in [5, 5.41) is 9.99. The molecule has 0 aliphatic heterocycles. The Morgan fingerprint density at radius 3 is 2.09 bits per heavy atom. The Labute approximate surface area is 115 Å². The molecule has 1 radical (unpaired) electrons. The molecule has 57 valence electrons. The minimum atomic E-state index is -1.18. The summed E-state index contributed by atoms with van der Waals surface area (Å²) < 4.78 is 0. The minimum absolute atomic E-state index is 0. The molecule has 0 aromatic heterocycles. The Balaban J connectivity index is -0.000000320. The summed E-state index contributed by atoms with van der Waals surface area (Å²) in [6.07, 6.45) is 0.405. The van der Waals surface area contributed by atoms with Crippen LogP contribution in [-0.2, 0) is 37.5 Å². The van der Waals surface area contributed by atoms with Crippen LogP contribution in [0.5, 0.6) is 0 Å². The fraction of sp³-hybridized carbons (Fsp3) is 0.667. The Hall–Kier alpha value is 1.53. The largest absolute Gasteiger partial charge is 1.00 e. The Bertz CT molecular complexity index is 111. The molecule has 0 fully saturated rings. The van der Waals surface area contributed by atoms with Crippen LogP contribution in [0, 0.1) is 5.92 Å². The van der Waals surface area contributed by atoms with Crippen molar-refractivity contribution >= 4 is 5.97 Å². The summed E-state index contributed by atoms with van der Waals surface area (Å²) in [7, 11) is 0. The molecule has 0 rings (SSSR count). The van der Waals surface area contributed by atoms with E-state index in [4.69, 9.17) is 5.73 Å². The fourth-order valence-corrected chi connectivity index (χ4v) is 0.523. The van der Waals surface area contributed by atoms with Crippen molar-refractivity contribution in [3.05, 3.63) is 5.92 Å². The van der Waals surface area contributed by atoms with Crippen molar-refractivity contribution < 1.29 is 72.2 Å². The van der Waals surface area contributed by atoms with Crippen molar-refractivity contribution in [2.24, 2.45) is 5.73 Å². The molecule has 0 heterocycles. The fourth-order valence-electron chi connectivity index (χ4n) is 0.523. The molecule has 2 N–H and O–H groups in total. The second-order valence-electron chi connectivity index (χ2n) is 2.34. The van der Waals surface area contributed by atoms with E-state index < -0.39 is 12.0 Å². The van der Waals surface area contributed by atoms with Crippen LogP contribution in [0.15, 0.2) is 0 Å². The van der Waals surface area contributed by atoms with Gasteiger partial charge in [0.25, 0.3) is 0 Å². The number of rotatable bonds is 3. The van der Waals surface area contributed by atoms with Crippen LogP contribution in [0.25, 0.3) is 0 Å². The van der Waals surface area contributed by atoms with Crippen molar-refractivity contribution in [3.8, 4) is 0 Å². The van der Waals surface area contributed by atoms with Crippen molar-refractivity contribution in [1.29, 1.82) is 0 Å². The number of carboxylic acid groups (broad SMARTS) is 1. The Morgan fingerprint density at radius 1 is 1.64 bits per heavy atom. The summed E-state index contributed by atoms with van der Waals surface area (Å²) in [4.78, 5) is 9.99. The van der Waals surface area contributed by atoms with Gasteiger partial charge < -0.3 is 21.6 Å². The summed E-state index contributed by atoms with van der Waals surface area (Å²) in [6.45, 7) is 3.67. The maximum absolute atomic E-state index is 9.99. The van der Waals surface area contributed by atoms with Gasteiger partial charge >= 0.3 is 29.6 Å². The van der Waals surface area contributed by atoms with E-state index in [2.05, 4.69) is 0 Å². The van der Waals surface area contributed by atoms with Gasteiger partial charge in [0, 0.05) is 38.8 Å². The topological polar surface area (TPSA) is 66.2 Å². The first-order valence-corrected chi connectivity index (χ1v) is 2.79. The van der Waals surface area contributed by atoms with E-state index in [0.29, 0.717) is 6.42 Å². The molecule has 3 nitrogen and oxygen atoms in total. The number of hydrogen-bond donors (Lipinski definition) is 1. The predicted molar refractivity (Wildman–Crippen MR) is 32.2 cm³/mol. The summed E-state index contributed by atoms with van der Waals surface area (Å²) in [6, 6.07) is -0.838. The van der Waals surface area contributed by atoms with Gasteiger partial charge in [0.2, 0.25) is 0 Å².